The van der Waals surface area contributed by atoms with Crippen molar-refractivity contribution in [1.82, 2.24) is 4.98 Å². The summed E-state index contributed by atoms with van der Waals surface area (Å²) in [4.78, 5) is 14.6. The number of benzene rings is 2. The summed E-state index contributed by atoms with van der Waals surface area (Å²) in [7, 11) is -1.76. The van der Waals surface area contributed by atoms with Gasteiger partial charge in [-0.15, -0.1) is 0 Å². The van der Waals surface area contributed by atoms with Crippen LogP contribution in [-0.2, 0) is 6.61 Å². The lowest BCUT2D eigenvalue weighted by Gasteiger charge is -2.14. The summed E-state index contributed by atoms with van der Waals surface area (Å²) in [6, 6.07) is 17.9. The first-order valence-corrected chi connectivity index (χ1v) is 8.31. The molecule has 0 aliphatic heterocycles. The van der Waals surface area contributed by atoms with E-state index in [9.17, 15) is 20.1 Å². The van der Waals surface area contributed by atoms with Crippen LogP contribution in [0.25, 0.3) is 11.1 Å². The highest BCUT2D eigenvalue weighted by Gasteiger charge is 2.20. The quantitative estimate of drug-likeness (QED) is 0.598. The number of aryl methyl sites for hydroxylation is 1. The average molecular weight is 360 g/mol. The predicted octanol–water partition coefficient (Wildman–Crippen LogP) is 1.48. The molecule has 0 bridgehead atoms. The van der Waals surface area contributed by atoms with Gasteiger partial charge in [-0.25, -0.2) is 0 Å². The van der Waals surface area contributed by atoms with E-state index in [1.165, 1.54) is 6.07 Å². The standard InChI is InChI=1S/C20H17BN2O4/c1-13-9-16(17(11-22)20(24)23-13)15-7-8-19(18(10-15)21(25)26)27-12-14-5-3-2-4-6-14/h2-10,25-26H,12H2,1H3,(H,23,24). The molecule has 0 radical (unpaired) electrons. The van der Waals surface area contributed by atoms with Crippen LogP contribution in [0.2, 0.25) is 0 Å². The third-order valence-corrected chi connectivity index (χ3v) is 4.12. The van der Waals surface area contributed by atoms with Crippen LogP contribution in [0.3, 0.4) is 0 Å². The fourth-order valence-electron chi connectivity index (χ4n) is 2.81. The summed E-state index contributed by atoms with van der Waals surface area (Å²) in [6.07, 6.45) is 0. The van der Waals surface area contributed by atoms with Gasteiger partial charge in [-0.05, 0) is 30.2 Å². The van der Waals surface area contributed by atoms with Crippen molar-refractivity contribution in [2.75, 3.05) is 0 Å². The number of H-pyrrole nitrogens is 1. The van der Waals surface area contributed by atoms with E-state index in [-0.39, 0.29) is 17.6 Å². The molecule has 0 saturated carbocycles. The number of pyridine rings is 1. The van der Waals surface area contributed by atoms with Gasteiger partial charge in [0.15, 0.2) is 0 Å². The molecule has 3 rings (SSSR count). The van der Waals surface area contributed by atoms with Crippen LogP contribution in [0.4, 0.5) is 0 Å². The van der Waals surface area contributed by atoms with Crippen molar-refractivity contribution in [3.63, 3.8) is 0 Å². The third kappa shape index (κ3) is 4.09. The Morgan fingerprint density at radius 3 is 2.56 bits per heavy atom. The van der Waals surface area contributed by atoms with Gasteiger partial charge in [0, 0.05) is 16.7 Å². The highest BCUT2D eigenvalue weighted by molar-refractivity contribution is 6.59. The Hall–Kier alpha value is -3.34. The van der Waals surface area contributed by atoms with E-state index in [0.717, 1.165) is 5.56 Å². The molecule has 0 fully saturated rings. The van der Waals surface area contributed by atoms with Crippen molar-refractivity contribution in [1.29, 1.82) is 5.26 Å². The Kier molecular flexibility index (Phi) is 5.41. The van der Waals surface area contributed by atoms with Crippen LogP contribution >= 0.6 is 0 Å². The Morgan fingerprint density at radius 2 is 1.89 bits per heavy atom. The molecule has 0 saturated heterocycles. The summed E-state index contributed by atoms with van der Waals surface area (Å²) in [5, 5.41) is 28.8. The summed E-state index contributed by atoms with van der Waals surface area (Å²) >= 11 is 0. The summed E-state index contributed by atoms with van der Waals surface area (Å²) < 4.78 is 5.73. The zero-order valence-corrected chi connectivity index (χ0v) is 14.6. The third-order valence-electron chi connectivity index (χ3n) is 4.12. The number of nitrogens with one attached hydrogen (secondary N) is 1. The van der Waals surface area contributed by atoms with E-state index in [4.69, 9.17) is 4.74 Å². The number of aromatic nitrogens is 1. The molecular weight excluding hydrogens is 343 g/mol. The molecule has 0 spiro atoms. The molecule has 0 amide bonds. The van der Waals surface area contributed by atoms with Gasteiger partial charge in [0.2, 0.25) is 0 Å². The molecule has 1 heterocycles. The zero-order valence-electron chi connectivity index (χ0n) is 14.6. The first-order chi connectivity index (χ1) is 13.0. The van der Waals surface area contributed by atoms with E-state index in [2.05, 4.69) is 4.98 Å². The first kappa shape index (κ1) is 18.5. The minimum Gasteiger partial charge on any atom is -0.489 e. The maximum atomic E-state index is 12.0. The fraction of sp³-hybridized carbons (Fsp3) is 0.100. The topological polar surface area (TPSA) is 106 Å². The molecule has 0 unspecified atom stereocenters. The van der Waals surface area contributed by atoms with Gasteiger partial charge < -0.3 is 19.8 Å². The Bertz CT molecular complexity index is 1060. The van der Waals surface area contributed by atoms with Crippen molar-refractivity contribution in [3.05, 3.63) is 81.8 Å². The SMILES string of the molecule is Cc1cc(-c2ccc(OCc3ccccc3)c(B(O)O)c2)c(C#N)c(=O)[nH]1. The van der Waals surface area contributed by atoms with Crippen molar-refractivity contribution < 1.29 is 14.8 Å². The molecule has 0 aliphatic rings. The first-order valence-electron chi connectivity index (χ1n) is 8.31. The largest absolute Gasteiger partial charge is 0.492 e. The molecule has 134 valence electrons. The van der Waals surface area contributed by atoms with Crippen molar-refractivity contribution >= 4 is 12.6 Å². The smallest absolute Gasteiger partial charge is 0.489 e. The highest BCUT2D eigenvalue weighted by Crippen LogP contribution is 2.24. The average Bonchev–Trinajstić information content (AvgIpc) is 2.66. The number of hydrogen-bond acceptors (Lipinski definition) is 5. The molecule has 2 aromatic carbocycles. The molecule has 0 atom stereocenters. The van der Waals surface area contributed by atoms with Crippen LogP contribution < -0.4 is 15.8 Å². The zero-order chi connectivity index (χ0) is 19.4. The summed E-state index contributed by atoms with van der Waals surface area (Å²) in [6.45, 7) is 1.98. The van der Waals surface area contributed by atoms with Gasteiger partial charge in [-0.3, -0.25) is 4.79 Å². The minimum atomic E-state index is -1.76. The molecule has 3 N–H and O–H groups in total. The van der Waals surface area contributed by atoms with Gasteiger partial charge in [0.25, 0.3) is 5.56 Å². The van der Waals surface area contributed by atoms with Crippen LogP contribution in [0.1, 0.15) is 16.8 Å². The Labute approximate surface area is 156 Å². The monoisotopic (exact) mass is 360 g/mol. The maximum absolute atomic E-state index is 12.0. The number of nitriles is 1. The van der Waals surface area contributed by atoms with E-state index in [1.807, 2.05) is 36.4 Å². The van der Waals surface area contributed by atoms with Crippen LogP contribution in [0.15, 0.2) is 59.4 Å². The van der Waals surface area contributed by atoms with Gasteiger partial charge in [0.1, 0.15) is 24.0 Å². The summed E-state index contributed by atoms with van der Waals surface area (Å²) in [5.74, 6) is 0.317. The van der Waals surface area contributed by atoms with Gasteiger partial charge in [0.05, 0.1) is 0 Å². The highest BCUT2D eigenvalue weighted by atomic mass is 16.5. The molecule has 3 aromatic rings. The Balaban J connectivity index is 2.00. The number of rotatable bonds is 5. The van der Waals surface area contributed by atoms with Crippen LogP contribution in [0.5, 0.6) is 5.75 Å². The van der Waals surface area contributed by atoms with Crippen LogP contribution in [-0.4, -0.2) is 22.2 Å². The minimum absolute atomic E-state index is 0.0306. The van der Waals surface area contributed by atoms with Gasteiger partial charge in [-0.2, -0.15) is 5.26 Å². The normalized spacial score (nSPS) is 10.3. The number of nitrogens with zero attached hydrogens (tertiary/aromatic N) is 1. The lowest BCUT2D eigenvalue weighted by atomic mass is 9.78. The van der Waals surface area contributed by atoms with Gasteiger partial charge >= 0.3 is 7.12 Å². The summed E-state index contributed by atoms with van der Waals surface area (Å²) in [5.41, 5.74) is 2.14. The van der Waals surface area contributed by atoms with Crippen LogP contribution in [0, 0.1) is 18.3 Å². The predicted molar refractivity (Wildman–Crippen MR) is 103 cm³/mol. The van der Waals surface area contributed by atoms with Crippen molar-refractivity contribution in [2.24, 2.45) is 0 Å². The van der Waals surface area contributed by atoms with E-state index in [1.54, 1.807) is 25.1 Å². The number of aromatic amines is 1. The lowest BCUT2D eigenvalue weighted by molar-refractivity contribution is 0.306. The molecular formula is C20H17BN2O4. The van der Waals surface area contributed by atoms with Crippen molar-refractivity contribution in [2.45, 2.75) is 13.5 Å². The fourth-order valence-corrected chi connectivity index (χ4v) is 2.81. The van der Waals surface area contributed by atoms with Crippen molar-refractivity contribution in [3.8, 4) is 22.9 Å². The second-order valence-corrected chi connectivity index (χ2v) is 6.08. The molecule has 0 aliphatic carbocycles. The molecule has 1 aromatic heterocycles. The molecule has 7 heteroatoms. The Morgan fingerprint density at radius 1 is 1.15 bits per heavy atom. The van der Waals surface area contributed by atoms with E-state index < -0.39 is 12.7 Å². The number of ether oxygens (including phenoxy) is 1. The molecule has 27 heavy (non-hydrogen) atoms. The van der Waals surface area contributed by atoms with Gasteiger partial charge in [-0.1, -0.05) is 42.5 Å². The second kappa shape index (κ2) is 7.91. The van der Waals surface area contributed by atoms with E-state index in [0.29, 0.717) is 22.6 Å². The molecule has 6 nitrogen and oxygen atoms in total. The maximum Gasteiger partial charge on any atom is 0.492 e. The van der Waals surface area contributed by atoms with E-state index >= 15 is 0 Å². The lowest BCUT2D eigenvalue weighted by Crippen LogP contribution is -2.31. The second-order valence-electron chi connectivity index (χ2n) is 6.08. The number of hydrogen-bond donors (Lipinski definition) is 3.